The summed E-state index contributed by atoms with van der Waals surface area (Å²) >= 11 is 0. The van der Waals surface area contributed by atoms with E-state index in [9.17, 15) is 9.59 Å². The predicted octanol–water partition coefficient (Wildman–Crippen LogP) is 0.733. The number of hydrogen-bond acceptors (Lipinski definition) is 6. The van der Waals surface area contributed by atoms with Crippen molar-refractivity contribution >= 4 is 11.9 Å². The molecule has 3 rings (SSSR count). The van der Waals surface area contributed by atoms with Crippen LogP contribution in [0.25, 0.3) is 0 Å². The van der Waals surface area contributed by atoms with Crippen LogP contribution in [0.4, 0.5) is 4.79 Å². The van der Waals surface area contributed by atoms with E-state index in [4.69, 9.17) is 18.9 Å². The molecule has 3 saturated heterocycles. The third-order valence-electron chi connectivity index (χ3n) is 4.81. The SMILES string of the molecule is CCCC(OCC1CO1)C1(C(CCC)OCC2CO2)NC(=O)NC1=O. The molecule has 0 aromatic rings. The molecule has 0 spiro atoms. The fourth-order valence-corrected chi connectivity index (χ4v) is 3.33. The minimum absolute atomic E-state index is 0.0852. The molecule has 3 amide bonds. The van der Waals surface area contributed by atoms with Crippen LogP contribution in [0.2, 0.25) is 0 Å². The summed E-state index contributed by atoms with van der Waals surface area (Å²) in [6.07, 6.45) is 2.17. The molecule has 8 nitrogen and oxygen atoms in total. The number of amides is 3. The zero-order valence-corrected chi connectivity index (χ0v) is 14.9. The lowest BCUT2D eigenvalue weighted by Crippen LogP contribution is -2.65. The average Bonchev–Trinajstić information content (AvgIpc) is 3.48. The normalized spacial score (nSPS) is 32.9. The molecule has 3 heterocycles. The van der Waals surface area contributed by atoms with Crippen molar-refractivity contribution in [2.24, 2.45) is 0 Å². The van der Waals surface area contributed by atoms with Gasteiger partial charge in [-0.25, -0.2) is 4.79 Å². The van der Waals surface area contributed by atoms with E-state index < -0.39 is 23.8 Å². The van der Waals surface area contributed by atoms with E-state index in [0.717, 1.165) is 12.8 Å². The summed E-state index contributed by atoms with van der Waals surface area (Å²) in [6, 6.07) is -0.496. The van der Waals surface area contributed by atoms with Gasteiger partial charge in [0.2, 0.25) is 0 Å². The van der Waals surface area contributed by atoms with Gasteiger partial charge >= 0.3 is 6.03 Å². The molecule has 4 unspecified atom stereocenters. The van der Waals surface area contributed by atoms with E-state index in [1.807, 2.05) is 13.8 Å². The van der Waals surface area contributed by atoms with Crippen LogP contribution < -0.4 is 10.6 Å². The Bertz CT molecular complexity index is 466. The van der Waals surface area contributed by atoms with Crippen LogP contribution in [0.5, 0.6) is 0 Å². The maximum atomic E-state index is 12.8. The molecule has 142 valence electrons. The van der Waals surface area contributed by atoms with Gasteiger partial charge in [-0.3, -0.25) is 10.1 Å². The van der Waals surface area contributed by atoms with Crippen LogP contribution in [0.15, 0.2) is 0 Å². The Hall–Kier alpha value is -1.22. The fourth-order valence-electron chi connectivity index (χ4n) is 3.33. The van der Waals surface area contributed by atoms with Crippen LogP contribution in [-0.2, 0) is 23.7 Å². The van der Waals surface area contributed by atoms with Crippen molar-refractivity contribution in [1.82, 2.24) is 10.6 Å². The van der Waals surface area contributed by atoms with Gasteiger partial charge in [0.05, 0.1) is 38.6 Å². The van der Waals surface area contributed by atoms with Crippen molar-refractivity contribution in [3.05, 3.63) is 0 Å². The number of carbonyl (C=O) groups excluding carboxylic acids is 2. The number of urea groups is 1. The Balaban J connectivity index is 1.82. The molecule has 0 saturated carbocycles. The number of carbonyl (C=O) groups is 2. The van der Waals surface area contributed by atoms with E-state index >= 15 is 0 Å². The highest BCUT2D eigenvalue weighted by Crippen LogP contribution is 2.32. The van der Waals surface area contributed by atoms with Crippen LogP contribution in [0, 0.1) is 0 Å². The molecule has 0 aromatic carbocycles. The highest BCUT2D eigenvalue weighted by molar-refractivity contribution is 6.08. The Morgan fingerprint density at radius 3 is 1.84 bits per heavy atom. The highest BCUT2D eigenvalue weighted by atomic mass is 16.6. The van der Waals surface area contributed by atoms with Gasteiger partial charge in [0, 0.05) is 0 Å². The van der Waals surface area contributed by atoms with Crippen molar-refractivity contribution in [2.75, 3.05) is 26.4 Å². The summed E-state index contributed by atoms with van der Waals surface area (Å²) in [5.41, 5.74) is -1.22. The summed E-state index contributed by atoms with van der Waals surface area (Å²) in [6.45, 7) is 6.25. The van der Waals surface area contributed by atoms with Gasteiger partial charge in [-0.1, -0.05) is 26.7 Å². The van der Waals surface area contributed by atoms with Gasteiger partial charge in [0.1, 0.15) is 12.2 Å². The topological polar surface area (TPSA) is 102 Å². The smallest absolute Gasteiger partial charge is 0.322 e. The first kappa shape index (κ1) is 18.6. The van der Waals surface area contributed by atoms with Gasteiger partial charge < -0.3 is 24.3 Å². The molecule has 0 aliphatic carbocycles. The molecular weight excluding hydrogens is 328 g/mol. The van der Waals surface area contributed by atoms with Crippen molar-refractivity contribution in [2.45, 2.75) is 69.5 Å². The van der Waals surface area contributed by atoms with Crippen molar-refractivity contribution < 1.29 is 28.5 Å². The number of hydrogen-bond donors (Lipinski definition) is 2. The van der Waals surface area contributed by atoms with Crippen molar-refractivity contribution in [3.63, 3.8) is 0 Å². The zero-order valence-electron chi connectivity index (χ0n) is 14.9. The first-order valence-electron chi connectivity index (χ1n) is 9.20. The molecule has 4 atom stereocenters. The Morgan fingerprint density at radius 1 is 1.04 bits per heavy atom. The van der Waals surface area contributed by atoms with Gasteiger partial charge in [-0.05, 0) is 12.8 Å². The minimum Gasteiger partial charge on any atom is -0.372 e. The Kier molecular flexibility index (Phi) is 5.93. The summed E-state index contributed by atoms with van der Waals surface area (Å²) in [5, 5.41) is 5.22. The lowest BCUT2D eigenvalue weighted by molar-refractivity contribution is -0.145. The lowest BCUT2D eigenvalue weighted by atomic mass is 9.81. The molecule has 8 heteroatoms. The average molecular weight is 356 g/mol. The highest BCUT2D eigenvalue weighted by Gasteiger charge is 2.58. The molecule has 25 heavy (non-hydrogen) atoms. The molecular formula is C17H28N2O6. The second-order valence-corrected chi connectivity index (χ2v) is 6.91. The number of imide groups is 1. The first-order valence-corrected chi connectivity index (χ1v) is 9.20. The van der Waals surface area contributed by atoms with Gasteiger partial charge in [0.15, 0.2) is 5.54 Å². The van der Waals surface area contributed by atoms with Crippen LogP contribution >= 0.6 is 0 Å². The Morgan fingerprint density at radius 2 is 1.52 bits per heavy atom. The number of nitrogens with one attached hydrogen (secondary N) is 2. The second-order valence-electron chi connectivity index (χ2n) is 6.91. The zero-order chi connectivity index (χ0) is 17.9. The van der Waals surface area contributed by atoms with Gasteiger partial charge in [-0.2, -0.15) is 0 Å². The first-order chi connectivity index (χ1) is 12.1. The van der Waals surface area contributed by atoms with E-state index in [1.165, 1.54) is 0 Å². The van der Waals surface area contributed by atoms with E-state index in [2.05, 4.69) is 10.6 Å². The molecule has 2 N–H and O–H groups in total. The third-order valence-corrected chi connectivity index (χ3v) is 4.81. The summed E-state index contributed by atoms with van der Waals surface area (Å²) in [5.74, 6) is -0.372. The van der Waals surface area contributed by atoms with E-state index in [-0.39, 0.29) is 18.1 Å². The number of ether oxygens (including phenoxy) is 4. The maximum absolute atomic E-state index is 12.8. The fraction of sp³-hybridized carbons (Fsp3) is 0.882. The molecule has 0 radical (unpaired) electrons. The van der Waals surface area contributed by atoms with E-state index in [1.54, 1.807) is 0 Å². The molecule has 3 aliphatic heterocycles. The van der Waals surface area contributed by atoms with Crippen LogP contribution in [-0.4, -0.2) is 68.3 Å². The Labute approximate surface area is 147 Å². The van der Waals surface area contributed by atoms with Crippen LogP contribution in [0.1, 0.15) is 39.5 Å². The third kappa shape index (κ3) is 4.31. The van der Waals surface area contributed by atoms with E-state index in [0.29, 0.717) is 39.3 Å². The second kappa shape index (κ2) is 7.99. The maximum Gasteiger partial charge on any atom is 0.322 e. The standard InChI is InChI=1S/C17H28N2O6/c1-3-5-13(24-9-11-7-22-11)17(15(20)18-16(21)19-17)14(6-4-2)25-10-12-8-23-12/h11-14H,3-10H2,1-2H3,(H2,18,19,20,21). The van der Waals surface area contributed by atoms with Crippen molar-refractivity contribution in [1.29, 1.82) is 0 Å². The molecule has 0 aromatic heterocycles. The number of epoxide rings is 2. The largest absolute Gasteiger partial charge is 0.372 e. The lowest BCUT2D eigenvalue weighted by Gasteiger charge is -2.40. The minimum atomic E-state index is -1.22. The molecule has 0 bridgehead atoms. The quantitative estimate of drug-likeness (QED) is 0.395. The monoisotopic (exact) mass is 356 g/mol. The number of rotatable bonds is 12. The van der Waals surface area contributed by atoms with Crippen LogP contribution in [0.3, 0.4) is 0 Å². The summed E-state index contributed by atoms with van der Waals surface area (Å²) in [7, 11) is 0. The van der Waals surface area contributed by atoms with Crippen molar-refractivity contribution in [3.8, 4) is 0 Å². The van der Waals surface area contributed by atoms with Gasteiger partial charge in [-0.15, -0.1) is 0 Å². The summed E-state index contributed by atoms with van der Waals surface area (Å²) < 4.78 is 22.5. The summed E-state index contributed by atoms with van der Waals surface area (Å²) in [4.78, 5) is 24.8. The molecule has 3 aliphatic rings. The molecule has 3 fully saturated rings. The van der Waals surface area contributed by atoms with Gasteiger partial charge in [0.25, 0.3) is 5.91 Å². The predicted molar refractivity (Wildman–Crippen MR) is 88.2 cm³/mol.